The number of nitrogens with zero attached hydrogens (tertiary/aromatic N) is 1. The van der Waals surface area contributed by atoms with Crippen LogP contribution in [0.25, 0.3) is 0 Å². The Morgan fingerprint density at radius 1 is 1.48 bits per heavy atom. The highest BCUT2D eigenvalue weighted by atomic mass is 16.6. The third-order valence-electron chi connectivity index (χ3n) is 3.75. The second-order valence-electron chi connectivity index (χ2n) is 5.44. The van der Waals surface area contributed by atoms with E-state index in [9.17, 15) is 9.59 Å². The molecule has 1 aromatic rings. The number of hydrogen-bond acceptors (Lipinski definition) is 3. The lowest BCUT2D eigenvalue weighted by Gasteiger charge is -2.13. The van der Waals surface area contributed by atoms with Gasteiger partial charge in [-0.2, -0.15) is 0 Å². The van der Waals surface area contributed by atoms with Gasteiger partial charge in [0.25, 0.3) is 0 Å². The van der Waals surface area contributed by atoms with Crippen LogP contribution < -0.4 is 5.32 Å². The SMILES string of the molecule is CCc1cccc(C)c1NC(=O)CCC1CN(C)C(=O)O1. The van der Waals surface area contributed by atoms with E-state index in [-0.39, 0.29) is 18.1 Å². The number of carbonyl (C=O) groups is 2. The maximum atomic E-state index is 12.1. The van der Waals surface area contributed by atoms with Gasteiger partial charge in [0.05, 0.1) is 6.54 Å². The van der Waals surface area contributed by atoms with E-state index in [1.54, 1.807) is 7.05 Å². The first kappa shape index (κ1) is 15.4. The Morgan fingerprint density at radius 2 is 2.24 bits per heavy atom. The number of nitrogens with one attached hydrogen (secondary N) is 1. The van der Waals surface area contributed by atoms with Crippen LogP contribution in [-0.4, -0.2) is 36.6 Å². The molecule has 1 unspecified atom stereocenters. The molecular weight excluding hydrogens is 268 g/mol. The van der Waals surface area contributed by atoms with Crippen LogP contribution in [0.2, 0.25) is 0 Å². The van der Waals surface area contributed by atoms with E-state index >= 15 is 0 Å². The predicted molar refractivity (Wildman–Crippen MR) is 81.3 cm³/mol. The number of rotatable bonds is 5. The summed E-state index contributed by atoms with van der Waals surface area (Å²) in [5.41, 5.74) is 3.11. The molecule has 1 aliphatic heterocycles. The molecule has 0 bridgehead atoms. The summed E-state index contributed by atoms with van der Waals surface area (Å²) in [7, 11) is 1.70. The fourth-order valence-electron chi connectivity index (χ4n) is 2.50. The Bertz CT molecular complexity index is 542. The number of anilines is 1. The van der Waals surface area contributed by atoms with Crippen molar-refractivity contribution in [1.82, 2.24) is 4.90 Å². The number of benzene rings is 1. The van der Waals surface area contributed by atoms with Crippen LogP contribution in [-0.2, 0) is 16.0 Å². The van der Waals surface area contributed by atoms with Gasteiger partial charge in [-0.15, -0.1) is 0 Å². The number of cyclic esters (lactones) is 1. The van der Waals surface area contributed by atoms with Crippen LogP contribution in [0, 0.1) is 6.92 Å². The molecule has 0 radical (unpaired) electrons. The molecule has 1 aliphatic rings. The summed E-state index contributed by atoms with van der Waals surface area (Å²) in [6, 6.07) is 6.01. The second-order valence-corrected chi connectivity index (χ2v) is 5.44. The van der Waals surface area contributed by atoms with Gasteiger partial charge >= 0.3 is 6.09 Å². The highest BCUT2D eigenvalue weighted by Crippen LogP contribution is 2.22. The molecule has 0 spiro atoms. The van der Waals surface area contributed by atoms with E-state index in [2.05, 4.69) is 12.2 Å². The summed E-state index contributed by atoms with van der Waals surface area (Å²) in [6.45, 7) is 4.61. The van der Waals surface area contributed by atoms with Crippen molar-refractivity contribution in [2.45, 2.75) is 39.2 Å². The van der Waals surface area contributed by atoms with Crippen molar-refractivity contribution < 1.29 is 14.3 Å². The zero-order valence-corrected chi connectivity index (χ0v) is 12.8. The van der Waals surface area contributed by atoms with E-state index < -0.39 is 0 Å². The molecule has 2 amide bonds. The fourth-order valence-corrected chi connectivity index (χ4v) is 2.50. The fraction of sp³-hybridized carbons (Fsp3) is 0.500. The minimum atomic E-state index is -0.312. The zero-order valence-electron chi connectivity index (χ0n) is 12.8. The third-order valence-corrected chi connectivity index (χ3v) is 3.75. The van der Waals surface area contributed by atoms with Crippen molar-refractivity contribution in [2.24, 2.45) is 0 Å². The smallest absolute Gasteiger partial charge is 0.409 e. The number of likely N-dealkylation sites (N-methyl/N-ethyl adjacent to an activating group) is 1. The Balaban J connectivity index is 1.89. The van der Waals surface area contributed by atoms with Gasteiger partial charge in [-0.3, -0.25) is 4.79 Å². The molecule has 1 N–H and O–H groups in total. The predicted octanol–water partition coefficient (Wildman–Crippen LogP) is 2.73. The van der Waals surface area contributed by atoms with E-state index in [1.807, 2.05) is 25.1 Å². The summed E-state index contributed by atoms with van der Waals surface area (Å²) < 4.78 is 5.15. The van der Waals surface area contributed by atoms with Gasteiger partial charge in [-0.1, -0.05) is 25.1 Å². The van der Waals surface area contributed by atoms with Gasteiger partial charge in [-0.05, 0) is 30.9 Å². The van der Waals surface area contributed by atoms with Crippen molar-refractivity contribution in [3.8, 4) is 0 Å². The second kappa shape index (κ2) is 6.61. The molecule has 114 valence electrons. The minimum absolute atomic E-state index is 0.0374. The molecule has 1 aromatic carbocycles. The lowest BCUT2D eigenvalue weighted by molar-refractivity contribution is -0.116. The number of amides is 2. The van der Waals surface area contributed by atoms with Crippen molar-refractivity contribution in [3.63, 3.8) is 0 Å². The van der Waals surface area contributed by atoms with Crippen molar-refractivity contribution >= 4 is 17.7 Å². The van der Waals surface area contributed by atoms with Gasteiger partial charge in [-0.25, -0.2) is 4.79 Å². The van der Waals surface area contributed by atoms with Crippen LogP contribution in [0.5, 0.6) is 0 Å². The normalized spacial score (nSPS) is 17.8. The lowest BCUT2D eigenvalue weighted by Crippen LogP contribution is -2.21. The first-order valence-corrected chi connectivity index (χ1v) is 7.31. The molecule has 2 rings (SSSR count). The van der Waals surface area contributed by atoms with E-state index in [4.69, 9.17) is 4.74 Å². The quantitative estimate of drug-likeness (QED) is 0.907. The molecule has 5 nitrogen and oxygen atoms in total. The topological polar surface area (TPSA) is 58.6 Å². The molecule has 1 atom stereocenters. The summed E-state index contributed by atoms with van der Waals surface area (Å²) in [4.78, 5) is 24.9. The average Bonchev–Trinajstić information content (AvgIpc) is 2.78. The van der Waals surface area contributed by atoms with Crippen LogP contribution in [0.4, 0.5) is 10.5 Å². The Hall–Kier alpha value is -2.04. The highest BCUT2D eigenvalue weighted by molar-refractivity contribution is 5.92. The molecular formula is C16H22N2O3. The number of aryl methyl sites for hydroxylation is 2. The monoisotopic (exact) mass is 290 g/mol. The molecule has 5 heteroatoms. The van der Waals surface area contributed by atoms with E-state index in [0.29, 0.717) is 19.4 Å². The summed E-state index contributed by atoms with van der Waals surface area (Å²) in [6.07, 6.45) is 1.28. The van der Waals surface area contributed by atoms with Crippen LogP contribution >= 0.6 is 0 Å². The molecule has 0 saturated carbocycles. The number of ether oxygens (including phenoxy) is 1. The molecule has 1 fully saturated rings. The Morgan fingerprint density at radius 3 is 2.86 bits per heavy atom. The van der Waals surface area contributed by atoms with E-state index in [1.165, 1.54) is 4.90 Å². The van der Waals surface area contributed by atoms with Gasteiger partial charge in [0, 0.05) is 19.2 Å². The van der Waals surface area contributed by atoms with Crippen LogP contribution in [0.3, 0.4) is 0 Å². The first-order valence-electron chi connectivity index (χ1n) is 7.31. The van der Waals surface area contributed by atoms with Crippen molar-refractivity contribution in [2.75, 3.05) is 18.9 Å². The third kappa shape index (κ3) is 3.74. The summed E-state index contributed by atoms with van der Waals surface area (Å²) >= 11 is 0. The Labute approximate surface area is 125 Å². The maximum Gasteiger partial charge on any atom is 0.409 e. The summed E-state index contributed by atoms with van der Waals surface area (Å²) in [5.74, 6) is -0.0374. The van der Waals surface area contributed by atoms with Gasteiger partial charge < -0.3 is 15.0 Å². The van der Waals surface area contributed by atoms with Crippen LogP contribution in [0.15, 0.2) is 18.2 Å². The Kier molecular flexibility index (Phi) is 4.83. The minimum Gasteiger partial charge on any atom is -0.444 e. The number of para-hydroxylation sites is 1. The lowest BCUT2D eigenvalue weighted by atomic mass is 10.1. The van der Waals surface area contributed by atoms with Crippen molar-refractivity contribution in [3.05, 3.63) is 29.3 Å². The molecule has 1 saturated heterocycles. The molecule has 1 heterocycles. The number of hydrogen-bond donors (Lipinski definition) is 1. The molecule has 0 aromatic heterocycles. The standard InChI is InChI=1S/C16H22N2O3/c1-4-12-7-5-6-11(2)15(12)17-14(19)9-8-13-10-18(3)16(20)21-13/h5-7,13H,4,8-10H2,1-3H3,(H,17,19). The van der Waals surface area contributed by atoms with Crippen molar-refractivity contribution in [1.29, 1.82) is 0 Å². The van der Waals surface area contributed by atoms with Crippen LogP contribution in [0.1, 0.15) is 30.9 Å². The maximum absolute atomic E-state index is 12.1. The zero-order chi connectivity index (χ0) is 15.4. The van der Waals surface area contributed by atoms with Gasteiger partial charge in [0.1, 0.15) is 6.10 Å². The highest BCUT2D eigenvalue weighted by Gasteiger charge is 2.28. The summed E-state index contributed by atoms with van der Waals surface area (Å²) in [5, 5.41) is 2.98. The number of carbonyl (C=O) groups excluding carboxylic acids is 2. The average molecular weight is 290 g/mol. The first-order chi connectivity index (χ1) is 10.0. The van der Waals surface area contributed by atoms with E-state index in [0.717, 1.165) is 23.2 Å². The largest absolute Gasteiger partial charge is 0.444 e. The molecule has 0 aliphatic carbocycles. The molecule has 21 heavy (non-hydrogen) atoms. The van der Waals surface area contributed by atoms with Gasteiger partial charge in [0.2, 0.25) is 5.91 Å². The van der Waals surface area contributed by atoms with Gasteiger partial charge in [0.15, 0.2) is 0 Å².